The van der Waals surface area contributed by atoms with Crippen LogP contribution < -0.4 is 0 Å². The molecule has 2 aliphatic rings. The lowest BCUT2D eigenvalue weighted by Gasteiger charge is -2.49. The van der Waals surface area contributed by atoms with Gasteiger partial charge in [0.2, 0.25) is 0 Å². The third kappa shape index (κ3) is 3.39. The summed E-state index contributed by atoms with van der Waals surface area (Å²) < 4.78 is 10.6. The molecule has 0 aromatic rings. The lowest BCUT2D eigenvalue weighted by molar-refractivity contribution is -0.154. The van der Waals surface area contributed by atoms with Crippen molar-refractivity contribution in [2.24, 2.45) is 17.3 Å². The van der Waals surface area contributed by atoms with Gasteiger partial charge in [-0.15, -0.1) is 0 Å². The van der Waals surface area contributed by atoms with E-state index in [0.717, 1.165) is 25.8 Å². The maximum Gasteiger partial charge on any atom is 0.410 e. The second-order valence-electron chi connectivity index (χ2n) is 7.70. The Balaban J connectivity index is 1.96. The van der Waals surface area contributed by atoms with Crippen LogP contribution >= 0.6 is 0 Å². The van der Waals surface area contributed by atoms with Crippen LogP contribution in [0.2, 0.25) is 0 Å². The van der Waals surface area contributed by atoms with E-state index in [-0.39, 0.29) is 23.4 Å². The molecule has 2 fully saturated rings. The van der Waals surface area contributed by atoms with E-state index in [1.807, 2.05) is 34.6 Å². The summed E-state index contributed by atoms with van der Waals surface area (Å²) in [5.74, 6) is 0.119. The molecular formula is C17H29NO4. The highest BCUT2D eigenvalue weighted by atomic mass is 16.6. The normalized spacial score (nSPS) is 29.1. The van der Waals surface area contributed by atoms with Crippen molar-refractivity contribution >= 4 is 12.1 Å². The van der Waals surface area contributed by atoms with Crippen molar-refractivity contribution < 1.29 is 19.1 Å². The molecule has 22 heavy (non-hydrogen) atoms. The number of hydrogen-bond donors (Lipinski definition) is 0. The fraction of sp³-hybridized carbons (Fsp3) is 0.882. The minimum absolute atomic E-state index is 0.0864. The highest BCUT2D eigenvalue weighted by molar-refractivity contribution is 5.73. The topological polar surface area (TPSA) is 55.8 Å². The summed E-state index contributed by atoms with van der Waals surface area (Å²) in [5.41, 5.74) is -0.382. The van der Waals surface area contributed by atoms with Gasteiger partial charge in [0, 0.05) is 13.1 Å². The summed E-state index contributed by atoms with van der Waals surface area (Å²) in [6.07, 6.45) is 2.85. The number of hydrogen-bond acceptors (Lipinski definition) is 4. The first-order valence-corrected chi connectivity index (χ1v) is 8.33. The molecule has 5 nitrogen and oxygen atoms in total. The minimum atomic E-state index is -0.468. The highest BCUT2D eigenvalue weighted by Crippen LogP contribution is 2.56. The molecular weight excluding hydrogens is 282 g/mol. The molecule has 5 heteroatoms. The number of ether oxygens (including phenoxy) is 2. The van der Waals surface area contributed by atoms with Gasteiger partial charge in [-0.1, -0.05) is 6.92 Å². The number of amides is 1. The van der Waals surface area contributed by atoms with Crippen molar-refractivity contribution in [2.75, 3.05) is 19.7 Å². The van der Waals surface area contributed by atoms with Gasteiger partial charge in [0.15, 0.2) is 0 Å². The van der Waals surface area contributed by atoms with E-state index in [1.165, 1.54) is 0 Å². The van der Waals surface area contributed by atoms with Crippen LogP contribution in [0.4, 0.5) is 4.79 Å². The van der Waals surface area contributed by atoms with Crippen LogP contribution in [0.3, 0.4) is 0 Å². The monoisotopic (exact) mass is 311 g/mol. The van der Waals surface area contributed by atoms with Crippen molar-refractivity contribution in [1.82, 2.24) is 4.90 Å². The van der Waals surface area contributed by atoms with Crippen molar-refractivity contribution in [1.29, 1.82) is 0 Å². The SMILES string of the molecule is CCOC(=O)C(C)C1CC[C@@]12CCN(C(=O)OC(C)(C)C)C2. The largest absolute Gasteiger partial charge is 0.466 e. The smallest absolute Gasteiger partial charge is 0.410 e. The molecule has 1 saturated carbocycles. The second-order valence-corrected chi connectivity index (χ2v) is 7.70. The van der Waals surface area contributed by atoms with Gasteiger partial charge in [-0.25, -0.2) is 4.79 Å². The molecule has 0 radical (unpaired) electrons. The Morgan fingerprint density at radius 2 is 2.00 bits per heavy atom. The molecule has 3 atom stereocenters. The quantitative estimate of drug-likeness (QED) is 0.751. The van der Waals surface area contributed by atoms with Crippen LogP contribution in [0.25, 0.3) is 0 Å². The van der Waals surface area contributed by atoms with Crippen LogP contribution in [0.1, 0.15) is 53.9 Å². The molecule has 0 N–H and O–H groups in total. The zero-order chi connectivity index (χ0) is 16.5. The third-order valence-corrected chi connectivity index (χ3v) is 5.04. The number of carbonyl (C=O) groups is 2. The van der Waals surface area contributed by atoms with Crippen molar-refractivity contribution in [3.63, 3.8) is 0 Å². The standard InChI is InChI=1S/C17H29NO4/c1-6-21-14(19)12(2)13-7-8-17(13)9-10-18(11-17)15(20)22-16(3,4)5/h12-13H,6-11H2,1-5H3/t12?,13?,17-/m0/s1. The fourth-order valence-corrected chi connectivity index (χ4v) is 3.82. The number of carbonyl (C=O) groups excluding carboxylic acids is 2. The Morgan fingerprint density at radius 1 is 1.32 bits per heavy atom. The average molecular weight is 311 g/mol. The minimum Gasteiger partial charge on any atom is -0.466 e. The Kier molecular flexibility index (Phi) is 4.73. The van der Waals surface area contributed by atoms with Crippen LogP contribution in [0.15, 0.2) is 0 Å². The predicted molar refractivity (Wildman–Crippen MR) is 83.4 cm³/mol. The van der Waals surface area contributed by atoms with Gasteiger partial charge in [0.25, 0.3) is 0 Å². The first kappa shape index (κ1) is 17.1. The van der Waals surface area contributed by atoms with Gasteiger partial charge < -0.3 is 14.4 Å². The number of esters is 1. The average Bonchev–Trinajstić information content (AvgIpc) is 2.83. The number of rotatable bonds is 3. The number of nitrogens with zero attached hydrogens (tertiary/aromatic N) is 1. The Morgan fingerprint density at radius 3 is 2.50 bits per heavy atom. The summed E-state index contributed by atoms with van der Waals surface area (Å²) in [6, 6.07) is 0. The van der Waals surface area contributed by atoms with E-state index in [2.05, 4.69) is 0 Å². The maximum atomic E-state index is 12.2. The Hall–Kier alpha value is -1.26. The predicted octanol–water partition coefficient (Wildman–Crippen LogP) is 3.22. The van der Waals surface area contributed by atoms with Crippen LogP contribution in [0, 0.1) is 17.3 Å². The van der Waals surface area contributed by atoms with Crippen LogP contribution in [-0.2, 0) is 14.3 Å². The second kappa shape index (κ2) is 6.09. The van der Waals surface area contributed by atoms with E-state index < -0.39 is 5.60 Å². The third-order valence-electron chi connectivity index (χ3n) is 5.04. The molecule has 2 unspecified atom stereocenters. The van der Waals surface area contributed by atoms with Gasteiger partial charge in [0.05, 0.1) is 12.5 Å². The number of likely N-dealkylation sites (tertiary alicyclic amines) is 1. The molecule has 0 aromatic carbocycles. The molecule has 126 valence electrons. The van der Waals surface area contributed by atoms with E-state index in [4.69, 9.17) is 9.47 Å². The molecule has 0 aromatic heterocycles. The molecule has 0 bridgehead atoms. The molecule has 1 spiro atoms. The van der Waals surface area contributed by atoms with Crippen LogP contribution in [-0.4, -0.2) is 42.3 Å². The molecule has 1 aliphatic heterocycles. The van der Waals surface area contributed by atoms with Crippen LogP contribution in [0.5, 0.6) is 0 Å². The van der Waals surface area contributed by atoms with Gasteiger partial charge in [0.1, 0.15) is 5.60 Å². The molecule has 1 heterocycles. The summed E-state index contributed by atoms with van der Waals surface area (Å²) >= 11 is 0. The van der Waals surface area contributed by atoms with E-state index in [1.54, 1.807) is 4.90 Å². The summed E-state index contributed by atoms with van der Waals surface area (Å²) in [4.78, 5) is 26.0. The molecule has 1 saturated heterocycles. The fourth-order valence-electron chi connectivity index (χ4n) is 3.82. The van der Waals surface area contributed by atoms with Crippen molar-refractivity contribution in [3.05, 3.63) is 0 Å². The molecule has 1 aliphatic carbocycles. The lowest BCUT2D eigenvalue weighted by Crippen LogP contribution is -2.48. The molecule has 2 rings (SSSR count). The van der Waals surface area contributed by atoms with E-state index >= 15 is 0 Å². The Bertz CT molecular complexity index is 442. The van der Waals surface area contributed by atoms with Gasteiger partial charge in [-0.2, -0.15) is 0 Å². The molecule has 1 amide bonds. The Labute approximate surface area is 133 Å². The summed E-state index contributed by atoms with van der Waals surface area (Å²) in [7, 11) is 0. The lowest BCUT2D eigenvalue weighted by atomic mass is 9.55. The first-order valence-electron chi connectivity index (χ1n) is 8.33. The highest BCUT2D eigenvalue weighted by Gasteiger charge is 2.55. The van der Waals surface area contributed by atoms with Gasteiger partial charge in [-0.3, -0.25) is 4.79 Å². The van der Waals surface area contributed by atoms with Gasteiger partial charge >= 0.3 is 12.1 Å². The first-order chi connectivity index (χ1) is 10.2. The zero-order valence-corrected chi connectivity index (χ0v) is 14.5. The zero-order valence-electron chi connectivity index (χ0n) is 14.5. The summed E-state index contributed by atoms with van der Waals surface area (Å²) in [5, 5.41) is 0. The van der Waals surface area contributed by atoms with E-state index in [9.17, 15) is 9.59 Å². The van der Waals surface area contributed by atoms with E-state index in [0.29, 0.717) is 19.1 Å². The van der Waals surface area contributed by atoms with Gasteiger partial charge in [-0.05, 0) is 58.3 Å². The van der Waals surface area contributed by atoms with Crippen molar-refractivity contribution in [3.8, 4) is 0 Å². The maximum absolute atomic E-state index is 12.2. The van der Waals surface area contributed by atoms with Crippen molar-refractivity contribution in [2.45, 2.75) is 59.5 Å². The summed E-state index contributed by atoms with van der Waals surface area (Å²) in [6.45, 7) is 11.3.